The molecule has 2 atom stereocenters. The zero-order valence-corrected chi connectivity index (χ0v) is 17.7. The summed E-state index contributed by atoms with van der Waals surface area (Å²) in [5, 5.41) is 6.25. The SMILES string of the molecule is CCNC(=NCCNC(=O)c1cccnc1)N1CC(C)CC(C)C1.I. The van der Waals surface area contributed by atoms with E-state index in [1.54, 1.807) is 24.5 Å². The summed E-state index contributed by atoms with van der Waals surface area (Å²) in [6.45, 7) is 10.7. The van der Waals surface area contributed by atoms with E-state index >= 15 is 0 Å². The summed E-state index contributed by atoms with van der Waals surface area (Å²) in [6.07, 6.45) is 4.50. The first-order valence-corrected chi connectivity index (χ1v) is 8.81. The topological polar surface area (TPSA) is 69.6 Å². The van der Waals surface area contributed by atoms with E-state index in [-0.39, 0.29) is 29.9 Å². The van der Waals surface area contributed by atoms with Crippen LogP contribution in [0.25, 0.3) is 0 Å². The van der Waals surface area contributed by atoms with Gasteiger partial charge in [0.05, 0.1) is 12.1 Å². The fourth-order valence-electron chi connectivity index (χ4n) is 3.19. The molecule has 1 aromatic rings. The molecule has 1 amide bonds. The molecule has 2 heterocycles. The molecular formula is C18H30IN5O. The van der Waals surface area contributed by atoms with Crippen LogP contribution in [0.5, 0.6) is 0 Å². The van der Waals surface area contributed by atoms with Crippen molar-refractivity contribution in [1.82, 2.24) is 20.5 Å². The number of aromatic nitrogens is 1. The van der Waals surface area contributed by atoms with Gasteiger partial charge in [0.15, 0.2) is 5.96 Å². The van der Waals surface area contributed by atoms with Crippen molar-refractivity contribution >= 4 is 35.8 Å². The number of likely N-dealkylation sites (tertiary alicyclic amines) is 1. The maximum atomic E-state index is 12.0. The lowest BCUT2D eigenvalue weighted by molar-refractivity contribution is 0.0954. The van der Waals surface area contributed by atoms with E-state index in [4.69, 9.17) is 0 Å². The molecule has 1 aliphatic rings. The molecule has 2 unspecified atom stereocenters. The molecule has 1 fully saturated rings. The summed E-state index contributed by atoms with van der Waals surface area (Å²) < 4.78 is 0. The molecule has 1 aliphatic heterocycles. The van der Waals surface area contributed by atoms with Crippen LogP contribution in [0.2, 0.25) is 0 Å². The normalized spacial score (nSPS) is 20.6. The van der Waals surface area contributed by atoms with Crippen LogP contribution >= 0.6 is 24.0 Å². The molecule has 2 rings (SSSR count). The van der Waals surface area contributed by atoms with Crippen molar-refractivity contribution in [3.63, 3.8) is 0 Å². The summed E-state index contributed by atoms with van der Waals surface area (Å²) in [5.74, 6) is 2.21. The van der Waals surface area contributed by atoms with Gasteiger partial charge in [0, 0.05) is 38.6 Å². The molecule has 1 saturated heterocycles. The Hall–Kier alpha value is -1.38. The number of aliphatic imine (C=N–C) groups is 1. The Bertz CT molecular complexity index is 542. The maximum Gasteiger partial charge on any atom is 0.252 e. The molecule has 0 aromatic carbocycles. The first-order chi connectivity index (χ1) is 11.6. The predicted molar refractivity (Wildman–Crippen MR) is 112 cm³/mol. The number of piperidine rings is 1. The number of nitrogens with one attached hydrogen (secondary N) is 2. The van der Waals surface area contributed by atoms with E-state index in [2.05, 4.69) is 46.3 Å². The summed E-state index contributed by atoms with van der Waals surface area (Å²) in [7, 11) is 0. The second-order valence-corrected chi connectivity index (χ2v) is 6.58. The van der Waals surface area contributed by atoms with E-state index in [1.807, 2.05) is 0 Å². The molecule has 1 aromatic heterocycles. The largest absolute Gasteiger partial charge is 0.357 e. The number of rotatable bonds is 5. The highest BCUT2D eigenvalue weighted by Gasteiger charge is 2.23. The minimum absolute atomic E-state index is 0. The van der Waals surface area contributed by atoms with Gasteiger partial charge in [-0.3, -0.25) is 14.8 Å². The Labute approximate surface area is 167 Å². The van der Waals surface area contributed by atoms with Gasteiger partial charge < -0.3 is 15.5 Å². The van der Waals surface area contributed by atoms with E-state index < -0.39 is 0 Å². The number of hydrogen-bond acceptors (Lipinski definition) is 3. The summed E-state index contributed by atoms with van der Waals surface area (Å²) in [4.78, 5) is 22.9. The van der Waals surface area contributed by atoms with E-state index in [1.165, 1.54) is 6.42 Å². The number of carbonyl (C=O) groups excluding carboxylic acids is 1. The molecule has 25 heavy (non-hydrogen) atoms. The van der Waals surface area contributed by atoms with Crippen LogP contribution in [-0.4, -0.2) is 54.5 Å². The van der Waals surface area contributed by atoms with Gasteiger partial charge in [-0.15, -0.1) is 24.0 Å². The van der Waals surface area contributed by atoms with Crippen molar-refractivity contribution in [2.45, 2.75) is 27.2 Å². The molecule has 0 bridgehead atoms. The number of halogens is 1. The van der Waals surface area contributed by atoms with Crippen molar-refractivity contribution in [2.24, 2.45) is 16.8 Å². The Balaban J connectivity index is 0.00000312. The van der Waals surface area contributed by atoms with E-state index in [0.717, 1.165) is 25.6 Å². The lowest BCUT2D eigenvalue weighted by Gasteiger charge is -2.37. The number of nitrogens with zero attached hydrogens (tertiary/aromatic N) is 3. The first kappa shape index (κ1) is 21.7. The number of carbonyl (C=O) groups is 1. The van der Waals surface area contributed by atoms with Gasteiger partial charge in [0.25, 0.3) is 5.91 Å². The molecule has 2 N–H and O–H groups in total. The number of hydrogen-bond donors (Lipinski definition) is 2. The van der Waals surface area contributed by atoms with Crippen LogP contribution in [0, 0.1) is 11.8 Å². The lowest BCUT2D eigenvalue weighted by atomic mass is 9.92. The quantitative estimate of drug-likeness (QED) is 0.307. The van der Waals surface area contributed by atoms with Gasteiger partial charge in [-0.1, -0.05) is 13.8 Å². The molecular weight excluding hydrogens is 429 g/mol. The van der Waals surface area contributed by atoms with Gasteiger partial charge in [-0.25, -0.2) is 0 Å². The van der Waals surface area contributed by atoms with Crippen molar-refractivity contribution in [1.29, 1.82) is 0 Å². The van der Waals surface area contributed by atoms with Crippen LogP contribution in [0.4, 0.5) is 0 Å². The van der Waals surface area contributed by atoms with Crippen LogP contribution in [-0.2, 0) is 0 Å². The average Bonchev–Trinajstić information content (AvgIpc) is 2.57. The molecule has 0 radical (unpaired) electrons. The van der Waals surface area contributed by atoms with Gasteiger partial charge in [-0.2, -0.15) is 0 Å². The standard InChI is InChI=1S/C18H29N5O.HI/c1-4-20-18(23-12-14(2)10-15(3)13-23)22-9-8-21-17(24)16-6-5-7-19-11-16;/h5-7,11,14-15H,4,8-10,12-13H2,1-3H3,(H,20,22)(H,21,24);1H. The van der Waals surface area contributed by atoms with Crippen LogP contribution in [0.1, 0.15) is 37.6 Å². The summed E-state index contributed by atoms with van der Waals surface area (Å²) in [6, 6.07) is 3.52. The number of guanidine groups is 1. The average molecular weight is 459 g/mol. The molecule has 0 spiro atoms. The van der Waals surface area contributed by atoms with Gasteiger partial charge >= 0.3 is 0 Å². The predicted octanol–water partition coefficient (Wildman–Crippen LogP) is 2.37. The fraction of sp³-hybridized carbons (Fsp3) is 0.611. The minimum atomic E-state index is -0.108. The highest BCUT2D eigenvalue weighted by atomic mass is 127. The third-order valence-electron chi connectivity index (χ3n) is 4.09. The van der Waals surface area contributed by atoms with Crippen molar-refractivity contribution in [3.05, 3.63) is 30.1 Å². The van der Waals surface area contributed by atoms with E-state index in [0.29, 0.717) is 30.5 Å². The second kappa shape index (κ2) is 11.3. The number of amides is 1. The van der Waals surface area contributed by atoms with Crippen LogP contribution in [0.3, 0.4) is 0 Å². The second-order valence-electron chi connectivity index (χ2n) is 6.58. The molecule has 6 nitrogen and oxygen atoms in total. The molecule has 0 saturated carbocycles. The minimum Gasteiger partial charge on any atom is -0.357 e. The Morgan fingerprint density at radius 3 is 2.64 bits per heavy atom. The van der Waals surface area contributed by atoms with Crippen molar-refractivity contribution in [2.75, 3.05) is 32.7 Å². The van der Waals surface area contributed by atoms with Crippen molar-refractivity contribution < 1.29 is 4.79 Å². The monoisotopic (exact) mass is 459 g/mol. The zero-order valence-electron chi connectivity index (χ0n) is 15.4. The van der Waals surface area contributed by atoms with Crippen LogP contribution < -0.4 is 10.6 Å². The fourth-order valence-corrected chi connectivity index (χ4v) is 3.19. The maximum absolute atomic E-state index is 12.0. The lowest BCUT2D eigenvalue weighted by Crippen LogP contribution is -2.48. The van der Waals surface area contributed by atoms with Gasteiger partial charge in [0.2, 0.25) is 0 Å². The molecule has 140 valence electrons. The third-order valence-corrected chi connectivity index (χ3v) is 4.09. The van der Waals surface area contributed by atoms with Gasteiger partial charge in [0.1, 0.15) is 0 Å². The molecule has 0 aliphatic carbocycles. The van der Waals surface area contributed by atoms with E-state index in [9.17, 15) is 4.79 Å². The molecule has 7 heteroatoms. The Morgan fingerprint density at radius 2 is 2.04 bits per heavy atom. The smallest absolute Gasteiger partial charge is 0.252 e. The number of pyridine rings is 1. The Kier molecular flexibility index (Phi) is 9.77. The van der Waals surface area contributed by atoms with Crippen LogP contribution in [0.15, 0.2) is 29.5 Å². The highest BCUT2D eigenvalue weighted by molar-refractivity contribution is 14.0. The van der Waals surface area contributed by atoms with Crippen molar-refractivity contribution in [3.8, 4) is 0 Å². The third kappa shape index (κ3) is 7.17. The summed E-state index contributed by atoms with van der Waals surface area (Å²) >= 11 is 0. The summed E-state index contributed by atoms with van der Waals surface area (Å²) in [5.41, 5.74) is 0.576. The first-order valence-electron chi connectivity index (χ1n) is 8.81. The Morgan fingerprint density at radius 1 is 1.32 bits per heavy atom. The zero-order chi connectivity index (χ0) is 17.4. The highest BCUT2D eigenvalue weighted by Crippen LogP contribution is 2.20. The van der Waals surface area contributed by atoms with Gasteiger partial charge in [-0.05, 0) is 37.3 Å².